The van der Waals surface area contributed by atoms with Crippen LogP contribution in [0.4, 0.5) is 5.82 Å². The largest absolute Gasteiger partial charge is 0.352 e. The predicted molar refractivity (Wildman–Crippen MR) is 120 cm³/mol. The molecule has 6 rings (SSSR count). The second kappa shape index (κ2) is 7.13. The van der Waals surface area contributed by atoms with Crippen LogP contribution in [0.15, 0.2) is 49.1 Å². The van der Waals surface area contributed by atoms with E-state index in [2.05, 4.69) is 47.0 Å². The van der Waals surface area contributed by atoms with Crippen molar-refractivity contribution >= 4 is 27.8 Å². The number of anilines is 1. The second-order valence-electron chi connectivity index (χ2n) is 7.84. The number of imidazole rings is 1. The van der Waals surface area contributed by atoms with Crippen molar-refractivity contribution in [2.75, 3.05) is 38.1 Å². The fourth-order valence-electron chi connectivity index (χ4n) is 4.05. The number of aromatic amines is 2. The highest BCUT2D eigenvalue weighted by molar-refractivity contribution is 5.96. The minimum atomic E-state index is 0.716. The fourth-order valence-corrected chi connectivity index (χ4v) is 4.05. The Morgan fingerprint density at radius 3 is 2.71 bits per heavy atom. The molecule has 0 saturated carbocycles. The smallest absolute Gasteiger partial charge is 0.159 e. The van der Waals surface area contributed by atoms with Crippen LogP contribution in [0.2, 0.25) is 0 Å². The molecule has 0 aliphatic carbocycles. The summed E-state index contributed by atoms with van der Waals surface area (Å²) in [6.07, 6.45) is 7.20. The number of nitrogens with one attached hydrogen (secondary N) is 2. The monoisotopic (exact) mass is 411 g/mol. The van der Waals surface area contributed by atoms with Gasteiger partial charge in [-0.3, -0.25) is 15.1 Å². The van der Waals surface area contributed by atoms with Gasteiger partial charge in [-0.2, -0.15) is 5.10 Å². The van der Waals surface area contributed by atoms with Crippen molar-refractivity contribution in [3.63, 3.8) is 0 Å². The number of piperazine rings is 1. The van der Waals surface area contributed by atoms with Crippen LogP contribution in [-0.2, 0) is 0 Å². The molecular weight excluding hydrogens is 390 g/mol. The molecule has 1 aliphatic heterocycles. The first-order valence-electron chi connectivity index (χ1n) is 10.3. The number of fused-ring (bicyclic) bond motifs is 2. The summed E-state index contributed by atoms with van der Waals surface area (Å²) in [6.45, 7) is 3.92. The maximum absolute atomic E-state index is 4.91. The summed E-state index contributed by atoms with van der Waals surface area (Å²) < 4.78 is 0. The minimum Gasteiger partial charge on any atom is -0.352 e. The number of likely N-dealkylation sites (N-methyl/N-ethyl adjacent to an activating group) is 1. The molecule has 0 radical (unpaired) electrons. The first-order chi connectivity index (χ1) is 15.3. The van der Waals surface area contributed by atoms with Crippen molar-refractivity contribution in [1.29, 1.82) is 0 Å². The summed E-state index contributed by atoms with van der Waals surface area (Å²) in [4.78, 5) is 26.4. The zero-order valence-electron chi connectivity index (χ0n) is 17.1. The van der Waals surface area contributed by atoms with E-state index in [9.17, 15) is 0 Å². The van der Waals surface area contributed by atoms with Crippen molar-refractivity contribution in [2.45, 2.75) is 0 Å². The van der Waals surface area contributed by atoms with E-state index in [1.807, 2.05) is 36.7 Å². The average molecular weight is 411 g/mol. The Kier molecular flexibility index (Phi) is 4.13. The van der Waals surface area contributed by atoms with Crippen molar-refractivity contribution < 1.29 is 0 Å². The fraction of sp³-hybridized carbons (Fsp3) is 0.227. The first-order valence-corrected chi connectivity index (χ1v) is 10.3. The van der Waals surface area contributed by atoms with Crippen molar-refractivity contribution in [2.24, 2.45) is 0 Å². The number of rotatable bonds is 3. The van der Waals surface area contributed by atoms with Gasteiger partial charge in [0.1, 0.15) is 11.2 Å². The van der Waals surface area contributed by atoms with Crippen molar-refractivity contribution in [1.82, 2.24) is 40.0 Å². The number of pyridine rings is 3. The normalized spacial score (nSPS) is 15.2. The molecule has 0 bridgehead atoms. The van der Waals surface area contributed by atoms with Gasteiger partial charge in [0, 0.05) is 55.7 Å². The summed E-state index contributed by atoms with van der Waals surface area (Å²) in [5.41, 5.74) is 5.27. The zero-order chi connectivity index (χ0) is 20.8. The third-order valence-electron chi connectivity index (χ3n) is 5.81. The van der Waals surface area contributed by atoms with E-state index in [1.165, 1.54) is 0 Å². The van der Waals surface area contributed by atoms with Crippen molar-refractivity contribution in [3.05, 3.63) is 49.1 Å². The lowest BCUT2D eigenvalue weighted by Gasteiger charge is -2.33. The zero-order valence-corrected chi connectivity index (χ0v) is 17.1. The summed E-state index contributed by atoms with van der Waals surface area (Å²) >= 11 is 0. The van der Waals surface area contributed by atoms with E-state index in [0.717, 1.165) is 70.9 Å². The van der Waals surface area contributed by atoms with Gasteiger partial charge >= 0.3 is 0 Å². The first kappa shape index (κ1) is 18.0. The molecule has 9 heteroatoms. The Hall–Kier alpha value is -3.85. The van der Waals surface area contributed by atoms with Gasteiger partial charge in [-0.05, 0) is 31.3 Å². The topological polar surface area (TPSA) is 103 Å². The van der Waals surface area contributed by atoms with E-state index in [4.69, 9.17) is 4.98 Å². The maximum atomic E-state index is 4.91. The van der Waals surface area contributed by atoms with Gasteiger partial charge in [0.15, 0.2) is 11.6 Å². The van der Waals surface area contributed by atoms with E-state index < -0.39 is 0 Å². The molecule has 0 unspecified atom stereocenters. The van der Waals surface area contributed by atoms with Gasteiger partial charge in [-0.1, -0.05) is 0 Å². The maximum Gasteiger partial charge on any atom is 0.159 e. The molecule has 0 atom stereocenters. The Morgan fingerprint density at radius 1 is 0.968 bits per heavy atom. The van der Waals surface area contributed by atoms with Crippen LogP contribution in [0.25, 0.3) is 44.7 Å². The number of nitrogens with zero attached hydrogens (tertiary/aromatic N) is 7. The second-order valence-corrected chi connectivity index (χ2v) is 7.84. The molecule has 6 heterocycles. The molecule has 0 aromatic carbocycles. The molecule has 9 nitrogen and oxygen atoms in total. The highest BCUT2D eigenvalue weighted by atomic mass is 15.3. The van der Waals surface area contributed by atoms with Gasteiger partial charge in [0.25, 0.3) is 0 Å². The highest BCUT2D eigenvalue weighted by Crippen LogP contribution is 2.31. The van der Waals surface area contributed by atoms with Crippen LogP contribution in [-0.4, -0.2) is 73.2 Å². The van der Waals surface area contributed by atoms with Crippen LogP contribution >= 0.6 is 0 Å². The lowest BCUT2D eigenvalue weighted by molar-refractivity contribution is 0.312. The number of aromatic nitrogens is 7. The molecule has 5 aromatic rings. The Labute approximate surface area is 178 Å². The third-order valence-corrected chi connectivity index (χ3v) is 5.81. The van der Waals surface area contributed by atoms with Crippen LogP contribution in [0.3, 0.4) is 0 Å². The van der Waals surface area contributed by atoms with Crippen LogP contribution in [0.5, 0.6) is 0 Å². The number of hydrogen-bond acceptors (Lipinski definition) is 7. The number of hydrogen-bond donors (Lipinski definition) is 2. The van der Waals surface area contributed by atoms with E-state index in [0.29, 0.717) is 5.82 Å². The van der Waals surface area contributed by atoms with Crippen LogP contribution < -0.4 is 4.90 Å². The summed E-state index contributed by atoms with van der Waals surface area (Å²) in [5.74, 6) is 1.64. The van der Waals surface area contributed by atoms with Gasteiger partial charge in [-0.15, -0.1) is 0 Å². The van der Waals surface area contributed by atoms with Gasteiger partial charge < -0.3 is 14.8 Å². The van der Waals surface area contributed by atoms with E-state index in [-0.39, 0.29) is 0 Å². The van der Waals surface area contributed by atoms with Gasteiger partial charge in [0.05, 0.1) is 22.9 Å². The molecule has 0 spiro atoms. The molecule has 0 amide bonds. The molecule has 1 saturated heterocycles. The molecule has 31 heavy (non-hydrogen) atoms. The lowest BCUT2D eigenvalue weighted by atomic mass is 10.1. The van der Waals surface area contributed by atoms with E-state index in [1.54, 1.807) is 12.4 Å². The SMILES string of the molecule is CN1CCN(c2nccc3[nH]c(-c4n[nH]c5cnc(-c6cccnc6)cc45)nc23)CC1. The lowest BCUT2D eigenvalue weighted by Crippen LogP contribution is -2.44. The number of H-pyrrole nitrogens is 2. The predicted octanol–water partition coefficient (Wildman–Crippen LogP) is 2.71. The molecule has 1 fully saturated rings. The Morgan fingerprint density at radius 2 is 1.87 bits per heavy atom. The summed E-state index contributed by atoms with van der Waals surface area (Å²) in [5, 5.41) is 8.57. The Balaban J connectivity index is 1.44. The average Bonchev–Trinajstić information content (AvgIpc) is 3.43. The summed E-state index contributed by atoms with van der Waals surface area (Å²) in [6, 6.07) is 7.89. The molecule has 1 aliphatic rings. The van der Waals surface area contributed by atoms with Crippen LogP contribution in [0, 0.1) is 0 Å². The third kappa shape index (κ3) is 3.10. The van der Waals surface area contributed by atoms with Gasteiger partial charge in [0.2, 0.25) is 0 Å². The minimum absolute atomic E-state index is 0.716. The van der Waals surface area contributed by atoms with Crippen LogP contribution in [0.1, 0.15) is 0 Å². The van der Waals surface area contributed by atoms with Crippen molar-refractivity contribution in [3.8, 4) is 22.8 Å². The van der Waals surface area contributed by atoms with Gasteiger partial charge in [-0.25, -0.2) is 9.97 Å². The molecule has 5 aromatic heterocycles. The molecule has 154 valence electrons. The Bertz CT molecular complexity index is 1360. The molecular formula is C22H21N9. The highest BCUT2D eigenvalue weighted by Gasteiger charge is 2.21. The standard InChI is InChI=1S/C22H21N9/c1-30-7-9-31(10-8-30)22-20-16(4-6-24-22)26-21(27-20)19-15-11-17(14-3-2-5-23-12-14)25-13-18(15)28-29-19/h2-6,11-13H,7-10H2,1H3,(H,26,27)(H,28,29). The summed E-state index contributed by atoms with van der Waals surface area (Å²) in [7, 11) is 2.15. The quantitative estimate of drug-likeness (QED) is 0.471. The van der Waals surface area contributed by atoms with E-state index >= 15 is 0 Å². The molecule has 2 N–H and O–H groups in total.